The summed E-state index contributed by atoms with van der Waals surface area (Å²) in [5, 5.41) is 4.12. The van der Waals surface area contributed by atoms with Gasteiger partial charge in [-0.25, -0.2) is 9.97 Å². The fourth-order valence-corrected chi connectivity index (χ4v) is 7.51. The minimum absolute atomic E-state index is 0.202. The van der Waals surface area contributed by atoms with Crippen molar-refractivity contribution in [2.75, 3.05) is 0 Å². The Morgan fingerprint density at radius 2 is 1.25 bits per heavy atom. The van der Waals surface area contributed by atoms with E-state index >= 15 is 0 Å². The molecule has 0 aliphatic heterocycles. The average molecular weight is 670 g/mol. The van der Waals surface area contributed by atoms with Crippen LogP contribution in [0.25, 0.3) is 88.7 Å². The maximum atomic E-state index is 13.8. The number of imidazole rings is 1. The van der Waals surface area contributed by atoms with Crippen molar-refractivity contribution in [1.82, 2.24) is 24.1 Å². The molecular formula is C43H26F3N5. The third-order valence-electron chi connectivity index (χ3n) is 9.77. The molecule has 0 fully saturated rings. The lowest BCUT2D eigenvalue weighted by atomic mass is 10.0. The first kappa shape index (κ1) is 29.3. The second-order valence-electron chi connectivity index (χ2n) is 12.7. The highest BCUT2D eigenvalue weighted by atomic mass is 19.4. The molecule has 0 bridgehead atoms. The smallest absolute Gasteiger partial charge is 0.354 e. The summed E-state index contributed by atoms with van der Waals surface area (Å²) in [6.07, 6.45) is -3.28. The van der Waals surface area contributed by atoms with E-state index in [-0.39, 0.29) is 5.82 Å². The number of nitrogens with one attached hydrogen (secondary N) is 1. The van der Waals surface area contributed by atoms with Gasteiger partial charge in [0.15, 0.2) is 0 Å². The van der Waals surface area contributed by atoms with Crippen molar-refractivity contribution >= 4 is 54.6 Å². The Bertz CT molecular complexity index is 2970. The molecule has 0 aliphatic rings. The lowest BCUT2D eigenvalue weighted by Crippen LogP contribution is -2.07. The largest absolute Gasteiger partial charge is 0.416 e. The summed E-state index contributed by atoms with van der Waals surface area (Å²) in [6.45, 7) is 0. The molecule has 4 aromatic heterocycles. The van der Waals surface area contributed by atoms with E-state index < -0.39 is 11.7 Å². The van der Waals surface area contributed by atoms with Gasteiger partial charge in [-0.15, -0.1) is 0 Å². The van der Waals surface area contributed by atoms with Crippen molar-refractivity contribution in [2.45, 2.75) is 6.18 Å². The Morgan fingerprint density at radius 1 is 0.549 bits per heavy atom. The lowest BCUT2D eigenvalue weighted by Gasteiger charge is -2.12. The number of H-pyrrole nitrogens is 1. The quantitative estimate of drug-likeness (QED) is 0.203. The summed E-state index contributed by atoms with van der Waals surface area (Å²) in [5.74, 6) is 0.998. The Kier molecular flexibility index (Phi) is 6.26. The Balaban J connectivity index is 1.24. The zero-order chi connectivity index (χ0) is 34.3. The molecule has 10 rings (SSSR count). The van der Waals surface area contributed by atoms with Crippen LogP contribution >= 0.6 is 0 Å². The predicted molar refractivity (Wildman–Crippen MR) is 198 cm³/mol. The van der Waals surface area contributed by atoms with E-state index in [1.54, 1.807) is 0 Å². The molecule has 0 aliphatic carbocycles. The van der Waals surface area contributed by atoms with Crippen molar-refractivity contribution in [3.8, 4) is 34.0 Å². The number of hydrogen-bond acceptors (Lipinski definition) is 2. The molecule has 0 unspecified atom stereocenters. The van der Waals surface area contributed by atoms with Gasteiger partial charge in [0, 0.05) is 50.1 Å². The summed E-state index contributed by atoms with van der Waals surface area (Å²) < 4.78 is 45.5. The molecule has 0 amide bonds. The van der Waals surface area contributed by atoms with Gasteiger partial charge < -0.3 is 4.98 Å². The fraction of sp³-hybridized carbons (Fsp3) is 0.0233. The van der Waals surface area contributed by atoms with Gasteiger partial charge in [-0.1, -0.05) is 91.0 Å². The van der Waals surface area contributed by atoms with Crippen LogP contribution in [-0.4, -0.2) is 24.1 Å². The molecular weight excluding hydrogens is 644 g/mol. The molecule has 6 aromatic carbocycles. The summed E-state index contributed by atoms with van der Waals surface area (Å²) in [6, 6.07) is 46.9. The monoisotopic (exact) mass is 669 g/mol. The van der Waals surface area contributed by atoms with E-state index in [0.29, 0.717) is 0 Å². The van der Waals surface area contributed by atoms with Crippen LogP contribution in [0.1, 0.15) is 5.56 Å². The first-order valence-electron chi connectivity index (χ1n) is 16.6. The summed E-state index contributed by atoms with van der Waals surface area (Å²) in [7, 11) is 0. The van der Waals surface area contributed by atoms with Gasteiger partial charge in [0.2, 0.25) is 0 Å². The van der Waals surface area contributed by atoms with Crippen LogP contribution in [0.3, 0.4) is 0 Å². The van der Waals surface area contributed by atoms with E-state index in [1.807, 2.05) is 77.4 Å². The van der Waals surface area contributed by atoms with E-state index in [9.17, 15) is 13.2 Å². The van der Waals surface area contributed by atoms with E-state index in [0.717, 1.165) is 95.0 Å². The minimum atomic E-state index is -4.50. The number of rotatable bonds is 4. The van der Waals surface area contributed by atoms with Gasteiger partial charge in [-0.3, -0.25) is 9.13 Å². The highest BCUT2D eigenvalue weighted by molar-refractivity contribution is 6.13. The lowest BCUT2D eigenvalue weighted by molar-refractivity contribution is -0.137. The summed E-state index contributed by atoms with van der Waals surface area (Å²) in [5.41, 5.74) is 8.33. The van der Waals surface area contributed by atoms with Crippen molar-refractivity contribution in [2.24, 2.45) is 0 Å². The van der Waals surface area contributed by atoms with Gasteiger partial charge in [-0.2, -0.15) is 13.2 Å². The number of aromatic nitrogens is 5. The number of nitrogens with zero attached hydrogens (tertiary/aromatic N) is 4. The highest BCUT2D eigenvalue weighted by Gasteiger charge is 2.31. The second-order valence-corrected chi connectivity index (χ2v) is 12.7. The highest BCUT2D eigenvalue weighted by Crippen LogP contribution is 2.40. The molecule has 0 spiro atoms. The molecule has 0 saturated heterocycles. The molecule has 0 radical (unpaired) electrons. The fourth-order valence-electron chi connectivity index (χ4n) is 7.51. The molecule has 0 saturated carbocycles. The summed E-state index contributed by atoms with van der Waals surface area (Å²) in [4.78, 5) is 13.5. The third-order valence-corrected chi connectivity index (χ3v) is 9.77. The molecule has 51 heavy (non-hydrogen) atoms. The molecule has 10 aromatic rings. The van der Waals surface area contributed by atoms with E-state index in [2.05, 4.69) is 75.2 Å². The van der Waals surface area contributed by atoms with Crippen LogP contribution in [0.15, 0.2) is 152 Å². The topological polar surface area (TPSA) is 51.4 Å². The number of pyridine rings is 1. The van der Waals surface area contributed by atoms with E-state index in [1.165, 1.54) is 6.20 Å². The summed E-state index contributed by atoms with van der Waals surface area (Å²) >= 11 is 0. The first-order chi connectivity index (χ1) is 24.9. The number of fused-ring (bicyclic) bond motifs is 7. The molecule has 8 heteroatoms. The number of alkyl halides is 3. The number of para-hydroxylation sites is 5. The maximum Gasteiger partial charge on any atom is 0.416 e. The van der Waals surface area contributed by atoms with Crippen molar-refractivity contribution in [3.63, 3.8) is 0 Å². The van der Waals surface area contributed by atoms with Gasteiger partial charge in [0.05, 0.1) is 33.1 Å². The second kappa shape index (κ2) is 10.9. The van der Waals surface area contributed by atoms with Crippen LogP contribution in [0.5, 0.6) is 0 Å². The zero-order valence-electron chi connectivity index (χ0n) is 26.9. The normalized spacial score (nSPS) is 12.2. The molecule has 1 N–H and O–H groups in total. The van der Waals surface area contributed by atoms with Gasteiger partial charge in [-0.05, 0) is 60.2 Å². The minimum Gasteiger partial charge on any atom is -0.354 e. The number of halogens is 3. The van der Waals surface area contributed by atoms with Crippen molar-refractivity contribution in [3.05, 3.63) is 157 Å². The van der Waals surface area contributed by atoms with Gasteiger partial charge in [0.25, 0.3) is 0 Å². The Morgan fingerprint density at radius 3 is 2.12 bits per heavy atom. The number of aromatic amines is 1. The van der Waals surface area contributed by atoms with Crippen LogP contribution in [-0.2, 0) is 6.18 Å². The third kappa shape index (κ3) is 4.49. The maximum absolute atomic E-state index is 13.8. The molecule has 0 atom stereocenters. The van der Waals surface area contributed by atoms with Gasteiger partial charge in [0.1, 0.15) is 11.6 Å². The molecule has 5 nitrogen and oxygen atoms in total. The predicted octanol–water partition coefficient (Wildman–Crippen LogP) is 11.5. The van der Waals surface area contributed by atoms with Gasteiger partial charge >= 0.3 is 6.18 Å². The van der Waals surface area contributed by atoms with Crippen LogP contribution in [0, 0.1) is 0 Å². The molecule has 4 heterocycles. The van der Waals surface area contributed by atoms with Crippen molar-refractivity contribution in [1.29, 1.82) is 0 Å². The number of hydrogen-bond donors (Lipinski definition) is 1. The van der Waals surface area contributed by atoms with Crippen LogP contribution < -0.4 is 0 Å². The zero-order valence-corrected chi connectivity index (χ0v) is 26.9. The SMILES string of the molecule is FC(F)(F)c1ccnc(-n2c3ccccc3c3ccc(-c4cccc5c4nc(-c4cccc6c4[nH]c4ccccc46)n5-c4ccccc4)cc32)c1. The van der Waals surface area contributed by atoms with Crippen LogP contribution in [0.4, 0.5) is 13.2 Å². The van der Waals surface area contributed by atoms with E-state index in [4.69, 9.17) is 4.98 Å². The molecule has 244 valence electrons. The van der Waals surface area contributed by atoms with Crippen LogP contribution in [0.2, 0.25) is 0 Å². The average Bonchev–Trinajstić information content (AvgIpc) is 3.84. The first-order valence-corrected chi connectivity index (χ1v) is 16.6. The Hall–Kier alpha value is -6.67. The van der Waals surface area contributed by atoms with Crippen molar-refractivity contribution < 1.29 is 13.2 Å². The Labute approximate surface area is 288 Å². The standard InChI is InChI=1S/C43H26F3N5/c44-43(45,46)27-22-23-47-39(25-27)51-36-18-7-5-13-31(36)32-21-20-26(24-38(32)51)29-14-9-19-37-41(29)49-42(50(37)28-10-2-1-3-11-28)34-16-8-15-33-30-12-4-6-17-35(30)48-40(33)34/h1-25,48H. The number of benzene rings is 6.